The zero-order chi connectivity index (χ0) is 17.4. The SMILES string of the molecule is CN(C)c1ccc(CCC(=O)NCCOc2ccc(Cl)cc2)cc1. The van der Waals surface area contributed by atoms with Crippen molar-refractivity contribution in [3.8, 4) is 5.75 Å². The van der Waals surface area contributed by atoms with Crippen LogP contribution in [-0.2, 0) is 11.2 Å². The van der Waals surface area contributed by atoms with Gasteiger partial charge < -0.3 is 15.0 Å². The number of rotatable bonds is 8. The van der Waals surface area contributed by atoms with Crippen LogP contribution < -0.4 is 15.0 Å². The van der Waals surface area contributed by atoms with E-state index in [1.54, 1.807) is 12.1 Å². The predicted octanol–water partition coefficient (Wildman–Crippen LogP) is 3.53. The van der Waals surface area contributed by atoms with Crippen LogP contribution >= 0.6 is 11.6 Å². The van der Waals surface area contributed by atoms with E-state index in [-0.39, 0.29) is 5.91 Å². The van der Waals surface area contributed by atoms with Crippen LogP contribution in [0.15, 0.2) is 48.5 Å². The standard InChI is InChI=1S/C19H23ClN2O2/c1-22(2)17-8-3-15(4-9-17)5-12-19(23)21-13-14-24-18-10-6-16(20)7-11-18/h3-4,6-11H,5,12-14H2,1-2H3,(H,21,23). The van der Waals surface area contributed by atoms with Crippen molar-refractivity contribution in [2.24, 2.45) is 0 Å². The molecule has 0 bridgehead atoms. The third-order valence-electron chi connectivity index (χ3n) is 3.60. The Labute approximate surface area is 148 Å². The molecule has 2 aromatic carbocycles. The fourth-order valence-corrected chi connectivity index (χ4v) is 2.32. The molecule has 2 aromatic rings. The Morgan fingerprint density at radius 3 is 2.38 bits per heavy atom. The summed E-state index contributed by atoms with van der Waals surface area (Å²) < 4.78 is 5.53. The minimum absolute atomic E-state index is 0.0337. The van der Waals surface area contributed by atoms with Crippen LogP contribution in [0.2, 0.25) is 5.02 Å². The molecule has 0 spiro atoms. The molecule has 1 amide bonds. The molecule has 0 aliphatic carbocycles. The number of carbonyl (C=O) groups excluding carboxylic acids is 1. The number of carbonyl (C=O) groups is 1. The van der Waals surface area contributed by atoms with Gasteiger partial charge in [-0.1, -0.05) is 23.7 Å². The van der Waals surface area contributed by atoms with E-state index in [4.69, 9.17) is 16.3 Å². The Balaban J connectivity index is 1.63. The first kappa shape index (κ1) is 18.1. The number of hydrogen-bond donors (Lipinski definition) is 1. The van der Waals surface area contributed by atoms with E-state index in [0.29, 0.717) is 24.6 Å². The number of ether oxygens (including phenoxy) is 1. The zero-order valence-electron chi connectivity index (χ0n) is 14.1. The minimum atomic E-state index is 0.0337. The monoisotopic (exact) mass is 346 g/mol. The second kappa shape index (κ2) is 9.18. The zero-order valence-corrected chi connectivity index (χ0v) is 14.8. The van der Waals surface area contributed by atoms with Gasteiger partial charge in [0.2, 0.25) is 5.91 Å². The van der Waals surface area contributed by atoms with Gasteiger partial charge in [-0.2, -0.15) is 0 Å². The summed E-state index contributed by atoms with van der Waals surface area (Å²) in [4.78, 5) is 13.9. The van der Waals surface area contributed by atoms with Crippen molar-refractivity contribution >= 4 is 23.2 Å². The molecular weight excluding hydrogens is 324 g/mol. The molecule has 0 atom stereocenters. The summed E-state index contributed by atoms with van der Waals surface area (Å²) in [5.74, 6) is 0.779. The number of halogens is 1. The van der Waals surface area contributed by atoms with E-state index < -0.39 is 0 Å². The third-order valence-corrected chi connectivity index (χ3v) is 3.85. The summed E-state index contributed by atoms with van der Waals surface area (Å²) in [6.07, 6.45) is 1.21. The maximum absolute atomic E-state index is 11.9. The topological polar surface area (TPSA) is 41.6 Å². The van der Waals surface area contributed by atoms with Crippen LogP contribution in [-0.4, -0.2) is 33.2 Å². The molecule has 1 N–H and O–H groups in total. The molecule has 0 aliphatic heterocycles. The van der Waals surface area contributed by atoms with Gasteiger partial charge in [0, 0.05) is 31.2 Å². The highest BCUT2D eigenvalue weighted by atomic mass is 35.5. The third kappa shape index (κ3) is 6.13. The number of aryl methyl sites for hydroxylation is 1. The Morgan fingerprint density at radius 2 is 1.75 bits per heavy atom. The van der Waals surface area contributed by atoms with Gasteiger partial charge in [-0.3, -0.25) is 4.79 Å². The molecule has 0 radical (unpaired) electrons. The van der Waals surface area contributed by atoms with Crippen LogP contribution in [0, 0.1) is 0 Å². The van der Waals surface area contributed by atoms with Gasteiger partial charge in [0.25, 0.3) is 0 Å². The van der Waals surface area contributed by atoms with Crippen molar-refractivity contribution in [3.63, 3.8) is 0 Å². The van der Waals surface area contributed by atoms with Crippen molar-refractivity contribution in [2.75, 3.05) is 32.1 Å². The lowest BCUT2D eigenvalue weighted by Gasteiger charge is -2.12. The highest BCUT2D eigenvalue weighted by molar-refractivity contribution is 6.30. The Kier molecular flexibility index (Phi) is 6.94. The van der Waals surface area contributed by atoms with Gasteiger partial charge in [0.05, 0.1) is 6.54 Å². The number of benzene rings is 2. The molecule has 0 saturated heterocycles. The molecular formula is C19H23ClN2O2. The first-order chi connectivity index (χ1) is 11.5. The molecule has 0 heterocycles. The summed E-state index contributed by atoms with van der Waals surface area (Å²) in [5.41, 5.74) is 2.32. The van der Waals surface area contributed by atoms with E-state index in [9.17, 15) is 4.79 Å². The summed E-state index contributed by atoms with van der Waals surface area (Å²) in [7, 11) is 4.02. The van der Waals surface area contributed by atoms with Crippen molar-refractivity contribution in [1.29, 1.82) is 0 Å². The van der Waals surface area contributed by atoms with Crippen molar-refractivity contribution in [1.82, 2.24) is 5.32 Å². The van der Waals surface area contributed by atoms with Gasteiger partial charge in [-0.25, -0.2) is 0 Å². The maximum atomic E-state index is 11.9. The fourth-order valence-electron chi connectivity index (χ4n) is 2.20. The van der Waals surface area contributed by atoms with E-state index >= 15 is 0 Å². The second-order valence-corrected chi connectivity index (χ2v) is 6.15. The molecule has 5 heteroatoms. The predicted molar refractivity (Wildman–Crippen MR) is 99.0 cm³/mol. The number of nitrogens with one attached hydrogen (secondary N) is 1. The van der Waals surface area contributed by atoms with Gasteiger partial charge in [0.15, 0.2) is 0 Å². The average Bonchev–Trinajstić information content (AvgIpc) is 2.59. The summed E-state index contributed by atoms with van der Waals surface area (Å²) in [6, 6.07) is 15.4. The summed E-state index contributed by atoms with van der Waals surface area (Å²) >= 11 is 5.81. The largest absolute Gasteiger partial charge is 0.492 e. The minimum Gasteiger partial charge on any atom is -0.492 e. The maximum Gasteiger partial charge on any atom is 0.220 e. The molecule has 2 rings (SSSR count). The smallest absolute Gasteiger partial charge is 0.220 e. The quantitative estimate of drug-likeness (QED) is 0.743. The van der Waals surface area contributed by atoms with Crippen LogP contribution in [0.1, 0.15) is 12.0 Å². The molecule has 0 aromatic heterocycles. The Morgan fingerprint density at radius 1 is 1.08 bits per heavy atom. The number of amides is 1. The second-order valence-electron chi connectivity index (χ2n) is 5.71. The van der Waals surface area contributed by atoms with Gasteiger partial charge in [-0.15, -0.1) is 0 Å². The summed E-state index contributed by atoms with van der Waals surface area (Å²) in [5, 5.41) is 3.54. The highest BCUT2D eigenvalue weighted by Crippen LogP contribution is 2.15. The first-order valence-electron chi connectivity index (χ1n) is 7.96. The van der Waals surface area contributed by atoms with E-state index in [2.05, 4.69) is 34.5 Å². The molecule has 0 unspecified atom stereocenters. The number of hydrogen-bond acceptors (Lipinski definition) is 3. The van der Waals surface area contributed by atoms with Gasteiger partial charge in [-0.05, 0) is 48.4 Å². The van der Waals surface area contributed by atoms with E-state index in [1.807, 2.05) is 26.2 Å². The first-order valence-corrected chi connectivity index (χ1v) is 8.34. The molecule has 0 fully saturated rings. The van der Waals surface area contributed by atoms with Crippen LogP contribution in [0.4, 0.5) is 5.69 Å². The molecule has 4 nitrogen and oxygen atoms in total. The lowest BCUT2D eigenvalue weighted by Crippen LogP contribution is -2.28. The highest BCUT2D eigenvalue weighted by Gasteiger charge is 2.03. The lowest BCUT2D eigenvalue weighted by molar-refractivity contribution is -0.121. The molecule has 128 valence electrons. The molecule has 24 heavy (non-hydrogen) atoms. The molecule has 0 saturated carbocycles. The lowest BCUT2D eigenvalue weighted by atomic mass is 10.1. The van der Waals surface area contributed by atoms with Gasteiger partial charge >= 0.3 is 0 Å². The Bertz CT molecular complexity index is 639. The van der Waals surface area contributed by atoms with Crippen molar-refractivity contribution in [2.45, 2.75) is 12.8 Å². The summed E-state index contributed by atoms with van der Waals surface area (Å²) in [6.45, 7) is 0.923. The average molecular weight is 347 g/mol. The normalized spacial score (nSPS) is 10.3. The van der Waals surface area contributed by atoms with Crippen molar-refractivity contribution in [3.05, 3.63) is 59.1 Å². The van der Waals surface area contributed by atoms with E-state index in [0.717, 1.165) is 23.4 Å². The van der Waals surface area contributed by atoms with Crippen molar-refractivity contribution < 1.29 is 9.53 Å². The fraction of sp³-hybridized carbons (Fsp3) is 0.316. The van der Waals surface area contributed by atoms with Crippen LogP contribution in [0.3, 0.4) is 0 Å². The Hall–Kier alpha value is -2.20. The van der Waals surface area contributed by atoms with E-state index in [1.165, 1.54) is 0 Å². The van der Waals surface area contributed by atoms with Gasteiger partial charge in [0.1, 0.15) is 12.4 Å². The van der Waals surface area contributed by atoms with Crippen LogP contribution in [0.25, 0.3) is 0 Å². The van der Waals surface area contributed by atoms with Crippen LogP contribution in [0.5, 0.6) is 5.75 Å². The number of anilines is 1. The molecule has 0 aliphatic rings. The number of nitrogens with zero attached hydrogens (tertiary/aromatic N) is 1.